The van der Waals surface area contributed by atoms with Gasteiger partial charge in [-0.15, -0.1) is 0 Å². The second-order valence-corrected chi connectivity index (χ2v) is 8.17. The molecular weight excluding hydrogens is 388 g/mol. The molecule has 1 saturated heterocycles. The molecule has 4 aromatic rings. The van der Waals surface area contributed by atoms with Crippen LogP contribution in [0.1, 0.15) is 34.5 Å². The van der Waals surface area contributed by atoms with Crippen molar-refractivity contribution in [2.24, 2.45) is 7.05 Å². The van der Waals surface area contributed by atoms with Gasteiger partial charge in [0.05, 0.1) is 5.69 Å². The van der Waals surface area contributed by atoms with Crippen LogP contribution in [-0.2, 0) is 12.5 Å². The smallest absolute Gasteiger partial charge is 0.263 e. The fraction of sp³-hybridized carbons (Fsp3) is 0.240. The van der Waals surface area contributed by atoms with Crippen LogP contribution in [0.15, 0.2) is 84.0 Å². The van der Waals surface area contributed by atoms with Crippen LogP contribution in [0.5, 0.6) is 0 Å². The van der Waals surface area contributed by atoms with Crippen molar-refractivity contribution < 1.29 is 4.79 Å². The summed E-state index contributed by atoms with van der Waals surface area (Å²) in [4.78, 5) is 32.3. The van der Waals surface area contributed by atoms with E-state index in [1.54, 1.807) is 30.3 Å². The highest BCUT2D eigenvalue weighted by molar-refractivity contribution is 5.94. The summed E-state index contributed by atoms with van der Waals surface area (Å²) in [6.45, 7) is 1.14. The van der Waals surface area contributed by atoms with Gasteiger partial charge in [-0.2, -0.15) is 0 Å². The number of rotatable bonds is 3. The second kappa shape index (κ2) is 7.54. The molecule has 5 rings (SSSR count). The van der Waals surface area contributed by atoms with Gasteiger partial charge in [-0.05, 0) is 42.7 Å². The number of benzene rings is 1. The Kier molecular flexibility index (Phi) is 4.70. The average Bonchev–Trinajstić information content (AvgIpc) is 3.26. The Balaban J connectivity index is 1.50. The third kappa shape index (κ3) is 3.24. The standard InChI is InChI=1S/C25H24N4O2/c1-27-14-7-10-20(23(27)30)24(31)28-16-12-25(13-17-28,19-8-3-2-4-9-19)21-18-29-15-6-5-11-22(29)26-21/h2-11,14-15,18H,12-13,16-17H2,1H3. The minimum absolute atomic E-state index is 0.196. The van der Waals surface area contributed by atoms with Crippen LogP contribution in [0.4, 0.5) is 0 Å². The average molecular weight is 412 g/mol. The minimum atomic E-state index is -0.272. The van der Waals surface area contributed by atoms with Crippen LogP contribution in [0, 0.1) is 0 Å². The largest absolute Gasteiger partial charge is 0.338 e. The Bertz CT molecular complexity index is 1260. The number of nitrogens with zero attached hydrogens (tertiary/aromatic N) is 4. The van der Waals surface area contributed by atoms with Crippen molar-refractivity contribution in [2.45, 2.75) is 18.3 Å². The fourth-order valence-corrected chi connectivity index (χ4v) is 4.64. The predicted octanol–water partition coefficient (Wildman–Crippen LogP) is 3.26. The van der Waals surface area contributed by atoms with E-state index >= 15 is 0 Å². The quantitative estimate of drug-likeness (QED) is 0.519. The minimum Gasteiger partial charge on any atom is -0.338 e. The summed E-state index contributed by atoms with van der Waals surface area (Å²) in [5.41, 5.74) is 2.84. The van der Waals surface area contributed by atoms with E-state index in [1.165, 1.54) is 10.1 Å². The van der Waals surface area contributed by atoms with Gasteiger partial charge in [0.1, 0.15) is 11.2 Å². The Morgan fingerprint density at radius 1 is 0.935 bits per heavy atom. The van der Waals surface area contributed by atoms with Crippen LogP contribution < -0.4 is 5.56 Å². The first-order chi connectivity index (χ1) is 15.1. The lowest BCUT2D eigenvalue weighted by Gasteiger charge is -2.41. The third-order valence-corrected chi connectivity index (χ3v) is 6.44. The second-order valence-electron chi connectivity index (χ2n) is 8.17. The maximum atomic E-state index is 13.1. The molecule has 3 aromatic heterocycles. The Morgan fingerprint density at radius 2 is 1.68 bits per heavy atom. The van der Waals surface area contributed by atoms with Gasteiger partial charge in [0.25, 0.3) is 11.5 Å². The zero-order valence-electron chi connectivity index (χ0n) is 17.4. The van der Waals surface area contributed by atoms with Crippen LogP contribution in [-0.4, -0.2) is 37.8 Å². The molecule has 0 unspecified atom stereocenters. The maximum Gasteiger partial charge on any atom is 0.263 e. The van der Waals surface area contributed by atoms with E-state index in [9.17, 15) is 9.59 Å². The van der Waals surface area contributed by atoms with E-state index < -0.39 is 0 Å². The summed E-state index contributed by atoms with van der Waals surface area (Å²) in [6, 6.07) is 19.8. The van der Waals surface area contributed by atoms with Crippen molar-refractivity contribution in [3.8, 4) is 0 Å². The molecule has 1 aromatic carbocycles. The Hall–Kier alpha value is -3.67. The first-order valence-corrected chi connectivity index (χ1v) is 10.5. The maximum absolute atomic E-state index is 13.1. The number of hydrogen-bond donors (Lipinski definition) is 0. The monoisotopic (exact) mass is 412 g/mol. The number of pyridine rings is 2. The number of piperidine rings is 1. The lowest BCUT2D eigenvalue weighted by Crippen LogP contribution is -2.47. The molecule has 0 bridgehead atoms. The van der Waals surface area contributed by atoms with Gasteiger partial charge in [0.15, 0.2) is 0 Å². The van der Waals surface area contributed by atoms with Crippen molar-refractivity contribution in [3.63, 3.8) is 0 Å². The SMILES string of the molecule is Cn1cccc(C(=O)N2CCC(c3ccccc3)(c3cn4ccccc4n3)CC2)c1=O. The van der Waals surface area contributed by atoms with Crippen molar-refractivity contribution in [1.82, 2.24) is 18.9 Å². The van der Waals surface area contributed by atoms with Gasteiger partial charge in [0, 0.05) is 44.1 Å². The number of imidazole rings is 1. The number of aryl methyl sites for hydroxylation is 1. The molecule has 31 heavy (non-hydrogen) atoms. The highest BCUT2D eigenvalue weighted by Crippen LogP contribution is 2.41. The molecular formula is C25H24N4O2. The number of fused-ring (bicyclic) bond motifs is 1. The molecule has 0 spiro atoms. The lowest BCUT2D eigenvalue weighted by atomic mass is 9.70. The van der Waals surface area contributed by atoms with Crippen LogP contribution in [0.2, 0.25) is 0 Å². The lowest BCUT2D eigenvalue weighted by molar-refractivity contribution is 0.0681. The molecule has 0 aliphatic carbocycles. The summed E-state index contributed by atoms with van der Waals surface area (Å²) in [5.74, 6) is -0.196. The van der Waals surface area contributed by atoms with Gasteiger partial charge in [-0.3, -0.25) is 9.59 Å². The zero-order chi connectivity index (χ0) is 21.4. The van der Waals surface area contributed by atoms with Gasteiger partial charge in [-0.1, -0.05) is 36.4 Å². The number of aromatic nitrogens is 3. The summed E-state index contributed by atoms with van der Waals surface area (Å²) < 4.78 is 3.49. The van der Waals surface area contributed by atoms with E-state index in [-0.39, 0.29) is 22.4 Å². The highest BCUT2D eigenvalue weighted by atomic mass is 16.2. The Morgan fingerprint density at radius 3 is 2.42 bits per heavy atom. The van der Waals surface area contributed by atoms with E-state index in [1.807, 2.05) is 34.9 Å². The van der Waals surface area contributed by atoms with E-state index in [4.69, 9.17) is 4.98 Å². The molecule has 1 aliphatic rings. The number of amides is 1. The van der Waals surface area contributed by atoms with Crippen molar-refractivity contribution in [2.75, 3.05) is 13.1 Å². The highest BCUT2D eigenvalue weighted by Gasteiger charge is 2.41. The van der Waals surface area contributed by atoms with Crippen LogP contribution in [0.25, 0.3) is 5.65 Å². The van der Waals surface area contributed by atoms with Gasteiger partial charge in [-0.25, -0.2) is 4.98 Å². The number of carbonyl (C=O) groups is 1. The molecule has 1 aliphatic heterocycles. The number of hydrogen-bond acceptors (Lipinski definition) is 3. The molecule has 0 atom stereocenters. The Labute approximate surface area is 180 Å². The van der Waals surface area contributed by atoms with Crippen LogP contribution >= 0.6 is 0 Å². The van der Waals surface area contributed by atoms with Gasteiger partial charge < -0.3 is 13.9 Å². The van der Waals surface area contributed by atoms with Crippen molar-refractivity contribution in [3.05, 3.63) is 106 Å². The molecule has 1 amide bonds. The third-order valence-electron chi connectivity index (χ3n) is 6.44. The first-order valence-electron chi connectivity index (χ1n) is 10.5. The normalized spacial score (nSPS) is 15.8. The molecule has 0 N–H and O–H groups in total. The molecule has 0 radical (unpaired) electrons. The van der Waals surface area contributed by atoms with E-state index in [0.29, 0.717) is 13.1 Å². The summed E-state index contributed by atoms with van der Waals surface area (Å²) in [6.07, 6.45) is 7.28. The molecule has 156 valence electrons. The van der Waals surface area contributed by atoms with E-state index in [2.05, 4.69) is 30.5 Å². The summed E-state index contributed by atoms with van der Waals surface area (Å²) >= 11 is 0. The fourth-order valence-electron chi connectivity index (χ4n) is 4.64. The molecule has 4 heterocycles. The number of carbonyl (C=O) groups excluding carboxylic acids is 1. The van der Waals surface area contributed by atoms with Crippen molar-refractivity contribution >= 4 is 11.6 Å². The summed E-state index contributed by atoms with van der Waals surface area (Å²) in [5, 5.41) is 0. The number of likely N-dealkylation sites (tertiary alicyclic amines) is 1. The van der Waals surface area contributed by atoms with Crippen LogP contribution in [0.3, 0.4) is 0 Å². The summed E-state index contributed by atoms with van der Waals surface area (Å²) in [7, 11) is 1.67. The zero-order valence-corrected chi connectivity index (χ0v) is 17.4. The van der Waals surface area contributed by atoms with E-state index in [0.717, 1.165) is 24.2 Å². The molecule has 6 nitrogen and oxygen atoms in total. The van der Waals surface area contributed by atoms with Gasteiger partial charge >= 0.3 is 0 Å². The topological polar surface area (TPSA) is 59.6 Å². The molecule has 6 heteroatoms. The molecule has 0 saturated carbocycles. The first kappa shape index (κ1) is 19.3. The molecule has 1 fully saturated rings. The predicted molar refractivity (Wildman–Crippen MR) is 119 cm³/mol. The van der Waals surface area contributed by atoms with Gasteiger partial charge in [0.2, 0.25) is 0 Å². The van der Waals surface area contributed by atoms with Crippen molar-refractivity contribution in [1.29, 1.82) is 0 Å².